The summed E-state index contributed by atoms with van der Waals surface area (Å²) in [5.41, 5.74) is 5.13. The Morgan fingerprint density at radius 1 is 0.625 bits per heavy atom. The molecule has 0 aliphatic rings. The second-order valence-electron chi connectivity index (χ2n) is 3.92. The molecule has 0 saturated heterocycles. The van der Waals surface area contributed by atoms with Gasteiger partial charge in [0.05, 0.1) is 0 Å². The number of rotatable bonds is 0. The summed E-state index contributed by atoms with van der Waals surface area (Å²) >= 11 is 0. The SMILES string of the molecule is Cc1ccncc1C.Cc1ccncc1C. The van der Waals surface area contributed by atoms with Crippen LogP contribution in [0.1, 0.15) is 22.3 Å². The molecule has 2 nitrogen and oxygen atoms in total. The highest BCUT2D eigenvalue weighted by Crippen LogP contribution is 2.00. The van der Waals surface area contributed by atoms with Gasteiger partial charge in [0.1, 0.15) is 0 Å². The molecule has 0 saturated carbocycles. The highest BCUT2D eigenvalue weighted by molar-refractivity contribution is 5.19. The second kappa shape index (κ2) is 6.01. The standard InChI is InChI=1S/2C7H9N/c2*1-6-3-4-8-5-7(6)2/h2*3-5H,1-2H3. The number of aryl methyl sites for hydroxylation is 4. The minimum Gasteiger partial charge on any atom is -0.264 e. The van der Waals surface area contributed by atoms with Crippen molar-refractivity contribution in [3.8, 4) is 0 Å². The van der Waals surface area contributed by atoms with Gasteiger partial charge in [0.15, 0.2) is 0 Å². The Morgan fingerprint density at radius 2 is 1.00 bits per heavy atom. The van der Waals surface area contributed by atoms with Gasteiger partial charge < -0.3 is 0 Å². The third kappa shape index (κ3) is 3.81. The predicted molar refractivity (Wildman–Crippen MR) is 67.4 cm³/mol. The molecule has 0 aromatic carbocycles. The summed E-state index contributed by atoms with van der Waals surface area (Å²) in [6.45, 7) is 8.28. The van der Waals surface area contributed by atoms with Crippen LogP contribution < -0.4 is 0 Å². The van der Waals surface area contributed by atoms with E-state index in [0.29, 0.717) is 0 Å². The van der Waals surface area contributed by atoms with E-state index in [9.17, 15) is 0 Å². The zero-order chi connectivity index (χ0) is 12.0. The molecule has 0 N–H and O–H groups in total. The first-order valence-corrected chi connectivity index (χ1v) is 5.35. The molecule has 2 aromatic heterocycles. The van der Waals surface area contributed by atoms with Gasteiger partial charge in [0, 0.05) is 24.8 Å². The average Bonchev–Trinajstić information content (AvgIpc) is 2.28. The van der Waals surface area contributed by atoms with E-state index in [-0.39, 0.29) is 0 Å². The predicted octanol–water partition coefficient (Wildman–Crippen LogP) is 3.40. The van der Waals surface area contributed by atoms with Crippen molar-refractivity contribution in [2.24, 2.45) is 0 Å². The van der Waals surface area contributed by atoms with Crippen molar-refractivity contribution >= 4 is 0 Å². The summed E-state index contributed by atoms with van der Waals surface area (Å²) in [5, 5.41) is 0. The molecule has 16 heavy (non-hydrogen) atoms. The minimum atomic E-state index is 1.26. The molecule has 0 spiro atoms. The Balaban J connectivity index is 0.000000160. The summed E-state index contributed by atoms with van der Waals surface area (Å²) in [4.78, 5) is 7.89. The van der Waals surface area contributed by atoms with Crippen molar-refractivity contribution < 1.29 is 0 Å². The quantitative estimate of drug-likeness (QED) is 0.671. The van der Waals surface area contributed by atoms with E-state index in [1.54, 1.807) is 0 Å². The molecular formula is C14H18N2. The number of hydrogen-bond acceptors (Lipinski definition) is 2. The lowest BCUT2D eigenvalue weighted by Crippen LogP contribution is -1.78. The van der Waals surface area contributed by atoms with E-state index in [1.807, 2.05) is 36.9 Å². The fraction of sp³-hybridized carbons (Fsp3) is 0.286. The van der Waals surface area contributed by atoms with Gasteiger partial charge in [0.25, 0.3) is 0 Å². The highest BCUT2D eigenvalue weighted by atomic mass is 14.6. The summed E-state index contributed by atoms with van der Waals surface area (Å²) in [6.07, 6.45) is 7.36. The van der Waals surface area contributed by atoms with Crippen LogP contribution in [-0.2, 0) is 0 Å². The molecule has 84 valence electrons. The molecule has 2 rings (SSSR count). The molecule has 2 heteroatoms. The molecule has 2 heterocycles. The van der Waals surface area contributed by atoms with Crippen molar-refractivity contribution in [3.05, 3.63) is 59.2 Å². The van der Waals surface area contributed by atoms with E-state index >= 15 is 0 Å². The Bertz CT molecular complexity index is 364. The van der Waals surface area contributed by atoms with Gasteiger partial charge in [-0.25, -0.2) is 0 Å². The molecule has 0 unspecified atom stereocenters. The van der Waals surface area contributed by atoms with E-state index in [4.69, 9.17) is 0 Å². The van der Waals surface area contributed by atoms with Crippen LogP contribution in [0.25, 0.3) is 0 Å². The summed E-state index contributed by atoms with van der Waals surface area (Å²) in [6, 6.07) is 4.02. The molecule has 0 radical (unpaired) electrons. The van der Waals surface area contributed by atoms with Gasteiger partial charge in [-0.2, -0.15) is 0 Å². The molecule has 2 aromatic rings. The molecular weight excluding hydrogens is 196 g/mol. The fourth-order valence-corrected chi connectivity index (χ4v) is 1.09. The number of hydrogen-bond donors (Lipinski definition) is 0. The van der Waals surface area contributed by atoms with Crippen molar-refractivity contribution in [3.63, 3.8) is 0 Å². The molecule has 0 bridgehead atoms. The lowest BCUT2D eigenvalue weighted by atomic mass is 10.2. The summed E-state index contributed by atoms with van der Waals surface area (Å²) < 4.78 is 0. The second-order valence-corrected chi connectivity index (χ2v) is 3.92. The van der Waals surface area contributed by atoms with E-state index in [1.165, 1.54) is 22.3 Å². The molecule has 0 aliphatic heterocycles. The van der Waals surface area contributed by atoms with Crippen LogP contribution in [0.5, 0.6) is 0 Å². The Hall–Kier alpha value is -1.70. The molecule has 0 fully saturated rings. The molecule has 0 amide bonds. The summed E-state index contributed by atoms with van der Waals surface area (Å²) in [7, 11) is 0. The van der Waals surface area contributed by atoms with Crippen molar-refractivity contribution in [2.45, 2.75) is 27.7 Å². The van der Waals surface area contributed by atoms with Gasteiger partial charge in [-0.15, -0.1) is 0 Å². The smallest absolute Gasteiger partial charge is 0.0299 e. The first-order valence-electron chi connectivity index (χ1n) is 5.35. The van der Waals surface area contributed by atoms with Crippen molar-refractivity contribution in [2.75, 3.05) is 0 Å². The number of nitrogens with zero attached hydrogens (tertiary/aromatic N) is 2. The Kier molecular flexibility index (Phi) is 4.65. The first-order chi connectivity index (χ1) is 7.61. The third-order valence-electron chi connectivity index (χ3n) is 2.60. The van der Waals surface area contributed by atoms with Crippen molar-refractivity contribution in [1.82, 2.24) is 9.97 Å². The normalized spacial score (nSPS) is 9.25. The Labute approximate surface area is 97.4 Å². The highest BCUT2D eigenvalue weighted by Gasteiger charge is 1.85. The molecule has 0 atom stereocenters. The zero-order valence-electron chi connectivity index (χ0n) is 10.4. The van der Waals surface area contributed by atoms with E-state index in [0.717, 1.165) is 0 Å². The van der Waals surface area contributed by atoms with Crippen LogP contribution in [0.15, 0.2) is 36.9 Å². The maximum absolute atomic E-state index is 3.95. The Morgan fingerprint density at radius 3 is 1.19 bits per heavy atom. The fourth-order valence-electron chi connectivity index (χ4n) is 1.09. The van der Waals surface area contributed by atoms with Gasteiger partial charge in [0.2, 0.25) is 0 Å². The number of aromatic nitrogens is 2. The van der Waals surface area contributed by atoms with Crippen LogP contribution in [0.3, 0.4) is 0 Å². The number of pyridine rings is 2. The van der Waals surface area contributed by atoms with Gasteiger partial charge >= 0.3 is 0 Å². The van der Waals surface area contributed by atoms with E-state index < -0.39 is 0 Å². The van der Waals surface area contributed by atoms with Crippen LogP contribution >= 0.6 is 0 Å². The lowest BCUT2D eigenvalue weighted by molar-refractivity contribution is 1.22. The van der Waals surface area contributed by atoms with Gasteiger partial charge in [-0.3, -0.25) is 9.97 Å². The lowest BCUT2D eigenvalue weighted by Gasteiger charge is -1.92. The first kappa shape index (κ1) is 12.4. The average molecular weight is 214 g/mol. The van der Waals surface area contributed by atoms with Crippen molar-refractivity contribution in [1.29, 1.82) is 0 Å². The topological polar surface area (TPSA) is 25.8 Å². The van der Waals surface area contributed by atoms with Crippen LogP contribution in [-0.4, -0.2) is 9.97 Å². The maximum Gasteiger partial charge on any atom is 0.0299 e. The minimum absolute atomic E-state index is 1.26. The monoisotopic (exact) mass is 214 g/mol. The van der Waals surface area contributed by atoms with Gasteiger partial charge in [-0.05, 0) is 62.1 Å². The van der Waals surface area contributed by atoms with Gasteiger partial charge in [-0.1, -0.05) is 0 Å². The van der Waals surface area contributed by atoms with Crippen LogP contribution in [0.2, 0.25) is 0 Å². The third-order valence-corrected chi connectivity index (χ3v) is 2.60. The maximum atomic E-state index is 3.95. The van der Waals surface area contributed by atoms with E-state index in [2.05, 4.69) is 37.7 Å². The van der Waals surface area contributed by atoms with Crippen LogP contribution in [0.4, 0.5) is 0 Å². The zero-order valence-corrected chi connectivity index (χ0v) is 10.4. The molecule has 0 aliphatic carbocycles. The summed E-state index contributed by atoms with van der Waals surface area (Å²) in [5.74, 6) is 0. The van der Waals surface area contributed by atoms with Crippen LogP contribution in [0, 0.1) is 27.7 Å². The largest absolute Gasteiger partial charge is 0.264 e.